The van der Waals surface area contributed by atoms with E-state index in [2.05, 4.69) is 26.6 Å². The van der Waals surface area contributed by atoms with E-state index in [1.54, 1.807) is 13.0 Å². The Bertz CT molecular complexity index is 419. The number of anilines is 1. The van der Waals surface area contributed by atoms with Crippen LogP contribution in [0.1, 0.15) is 20.8 Å². The number of para-hydroxylation sites is 1. The Morgan fingerprint density at radius 3 is 2.61 bits per heavy atom. The summed E-state index contributed by atoms with van der Waals surface area (Å²) in [5.74, 6) is 0.0706. The van der Waals surface area contributed by atoms with Crippen LogP contribution >= 0.6 is 15.9 Å². The molecule has 0 radical (unpaired) electrons. The Morgan fingerprint density at radius 2 is 2.06 bits per heavy atom. The quantitative estimate of drug-likeness (QED) is 0.800. The van der Waals surface area contributed by atoms with Crippen LogP contribution < -0.4 is 10.6 Å². The van der Waals surface area contributed by atoms with Crippen LogP contribution in [-0.4, -0.2) is 23.3 Å². The highest BCUT2D eigenvalue weighted by atomic mass is 79.9. The van der Waals surface area contributed by atoms with Crippen LogP contribution in [0.4, 0.5) is 10.5 Å². The summed E-state index contributed by atoms with van der Waals surface area (Å²) in [6.45, 7) is 5.73. The molecule has 0 heterocycles. The van der Waals surface area contributed by atoms with E-state index in [9.17, 15) is 9.90 Å². The third kappa shape index (κ3) is 4.31. The van der Waals surface area contributed by atoms with Crippen molar-refractivity contribution in [2.45, 2.75) is 26.4 Å². The summed E-state index contributed by atoms with van der Waals surface area (Å²) in [4.78, 5) is 11.7. The third-order valence-electron chi connectivity index (χ3n) is 2.97. The second-order valence-corrected chi connectivity index (χ2v) is 5.65. The lowest BCUT2D eigenvalue weighted by Gasteiger charge is -2.27. The maximum absolute atomic E-state index is 11.7. The van der Waals surface area contributed by atoms with Crippen molar-refractivity contribution in [1.29, 1.82) is 0 Å². The van der Waals surface area contributed by atoms with Gasteiger partial charge in [0.2, 0.25) is 0 Å². The van der Waals surface area contributed by atoms with Gasteiger partial charge < -0.3 is 15.7 Å². The second-order valence-electron chi connectivity index (χ2n) is 4.80. The number of carbonyl (C=O) groups excluding carboxylic acids is 1. The molecule has 0 aliphatic carbocycles. The number of benzene rings is 1. The van der Waals surface area contributed by atoms with E-state index in [-0.39, 0.29) is 18.5 Å². The van der Waals surface area contributed by atoms with Crippen LogP contribution in [0, 0.1) is 5.92 Å². The Morgan fingerprint density at radius 1 is 1.44 bits per heavy atom. The van der Waals surface area contributed by atoms with Gasteiger partial charge in [0.1, 0.15) is 0 Å². The monoisotopic (exact) mass is 314 g/mol. The van der Waals surface area contributed by atoms with Crippen molar-refractivity contribution in [3.05, 3.63) is 28.7 Å². The molecule has 100 valence electrons. The summed E-state index contributed by atoms with van der Waals surface area (Å²) in [5.41, 5.74) is -0.218. The van der Waals surface area contributed by atoms with E-state index in [4.69, 9.17) is 0 Å². The smallest absolute Gasteiger partial charge is 0.319 e. The van der Waals surface area contributed by atoms with E-state index >= 15 is 0 Å². The van der Waals surface area contributed by atoms with Crippen molar-refractivity contribution in [2.75, 3.05) is 11.9 Å². The lowest BCUT2D eigenvalue weighted by molar-refractivity contribution is 0.0170. The lowest BCUT2D eigenvalue weighted by atomic mass is 9.93. The molecule has 0 saturated carbocycles. The SMILES string of the molecule is CC(C)C(C)(O)CNC(=O)Nc1ccccc1Br. The van der Waals surface area contributed by atoms with Crippen molar-refractivity contribution in [3.63, 3.8) is 0 Å². The fraction of sp³-hybridized carbons (Fsp3) is 0.462. The maximum Gasteiger partial charge on any atom is 0.319 e. The first-order chi connectivity index (χ1) is 8.33. The number of nitrogens with one attached hydrogen (secondary N) is 2. The van der Waals surface area contributed by atoms with Gasteiger partial charge in [0, 0.05) is 11.0 Å². The van der Waals surface area contributed by atoms with Gasteiger partial charge >= 0.3 is 6.03 Å². The van der Waals surface area contributed by atoms with Gasteiger partial charge in [-0.05, 0) is 40.9 Å². The Hall–Kier alpha value is -1.07. The van der Waals surface area contributed by atoms with Crippen molar-refractivity contribution in [1.82, 2.24) is 5.32 Å². The van der Waals surface area contributed by atoms with Gasteiger partial charge in [0.25, 0.3) is 0 Å². The molecule has 0 spiro atoms. The molecule has 1 rings (SSSR count). The molecule has 0 aliphatic heterocycles. The van der Waals surface area contributed by atoms with E-state index in [1.807, 2.05) is 32.0 Å². The van der Waals surface area contributed by atoms with E-state index in [1.165, 1.54) is 0 Å². The van der Waals surface area contributed by atoms with Crippen molar-refractivity contribution < 1.29 is 9.90 Å². The molecule has 4 nitrogen and oxygen atoms in total. The lowest BCUT2D eigenvalue weighted by Crippen LogP contribution is -2.45. The zero-order valence-corrected chi connectivity index (χ0v) is 12.4. The molecule has 5 heteroatoms. The highest BCUT2D eigenvalue weighted by Crippen LogP contribution is 2.21. The van der Waals surface area contributed by atoms with Crippen LogP contribution in [0.15, 0.2) is 28.7 Å². The standard InChI is InChI=1S/C13H19BrN2O2/c1-9(2)13(3,18)8-15-12(17)16-11-7-5-4-6-10(11)14/h4-7,9,18H,8H2,1-3H3,(H2,15,16,17). The van der Waals surface area contributed by atoms with Gasteiger partial charge in [-0.2, -0.15) is 0 Å². The number of halogens is 1. The number of urea groups is 1. The minimum Gasteiger partial charge on any atom is -0.388 e. The fourth-order valence-electron chi connectivity index (χ4n) is 1.19. The zero-order chi connectivity index (χ0) is 13.8. The van der Waals surface area contributed by atoms with Crippen LogP contribution in [0.25, 0.3) is 0 Å². The van der Waals surface area contributed by atoms with Gasteiger partial charge in [-0.25, -0.2) is 4.79 Å². The Labute approximate surface area is 116 Å². The van der Waals surface area contributed by atoms with Gasteiger partial charge in [0.05, 0.1) is 11.3 Å². The van der Waals surface area contributed by atoms with Crippen molar-refractivity contribution in [3.8, 4) is 0 Å². The molecular formula is C13H19BrN2O2. The number of rotatable bonds is 4. The zero-order valence-electron chi connectivity index (χ0n) is 10.8. The summed E-state index contributed by atoms with van der Waals surface area (Å²) in [6, 6.07) is 7.02. The van der Waals surface area contributed by atoms with E-state index in [0.29, 0.717) is 5.69 Å². The summed E-state index contributed by atoms with van der Waals surface area (Å²) in [5, 5.41) is 15.4. The third-order valence-corrected chi connectivity index (χ3v) is 3.66. The first-order valence-corrected chi connectivity index (χ1v) is 6.64. The van der Waals surface area contributed by atoms with Gasteiger partial charge in [0.15, 0.2) is 0 Å². The molecule has 18 heavy (non-hydrogen) atoms. The fourth-order valence-corrected chi connectivity index (χ4v) is 1.58. The Kier molecular flexibility index (Phi) is 5.16. The normalized spacial score (nSPS) is 14.1. The molecule has 1 aromatic carbocycles. The molecule has 0 saturated heterocycles. The van der Waals surface area contributed by atoms with Crippen LogP contribution in [-0.2, 0) is 0 Å². The first-order valence-electron chi connectivity index (χ1n) is 5.84. The highest BCUT2D eigenvalue weighted by Gasteiger charge is 2.25. The second kappa shape index (κ2) is 6.20. The maximum atomic E-state index is 11.7. The summed E-state index contributed by atoms with van der Waals surface area (Å²) < 4.78 is 0.816. The van der Waals surface area contributed by atoms with Crippen molar-refractivity contribution >= 4 is 27.6 Å². The average molecular weight is 315 g/mol. The van der Waals surface area contributed by atoms with Crippen LogP contribution in [0.2, 0.25) is 0 Å². The van der Waals surface area contributed by atoms with Gasteiger partial charge in [-0.3, -0.25) is 0 Å². The number of hydrogen-bond donors (Lipinski definition) is 3. The first kappa shape index (κ1) is 15.0. The molecule has 0 aliphatic rings. The number of hydrogen-bond acceptors (Lipinski definition) is 2. The molecule has 1 aromatic rings. The number of carbonyl (C=O) groups is 1. The molecule has 0 aromatic heterocycles. The largest absolute Gasteiger partial charge is 0.388 e. The summed E-state index contributed by atoms with van der Waals surface area (Å²) in [7, 11) is 0. The molecular weight excluding hydrogens is 296 g/mol. The van der Waals surface area contributed by atoms with E-state index < -0.39 is 5.60 Å². The summed E-state index contributed by atoms with van der Waals surface area (Å²) in [6.07, 6.45) is 0. The van der Waals surface area contributed by atoms with Gasteiger partial charge in [-0.15, -0.1) is 0 Å². The number of amides is 2. The van der Waals surface area contributed by atoms with Crippen molar-refractivity contribution in [2.24, 2.45) is 5.92 Å². The minimum atomic E-state index is -0.911. The van der Waals surface area contributed by atoms with Crippen LogP contribution in [0.5, 0.6) is 0 Å². The highest BCUT2D eigenvalue weighted by molar-refractivity contribution is 9.10. The molecule has 3 N–H and O–H groups in total. The minimum absolute atomic E-state index is 0.0706. The molecule has 1 atom stereocenters. The number of aliphatic hydroxyl groups is 1. The molecule has 2 amide bonds. The molecule has 0 bridgehead atoms. The molecule has 0 fully saturated rings. The van der Waals surface area contributed by atoms with E-state index in [0.717, 1.165) is 4.47 Å². The Balaban J connectivity index is 2.51. The summed E-state index contributed by atoms with van der Waals surface area (Å²) >= 11 is 3.35. The molecule has 1 unspecified atom stereocenters. The predicted molar refractivity (Wildman–Crippen MR) is 76.6 cm³/mol. The topological polar surface area (TPSA) is 61.4 Å². The average Bonchev–Trinajstić information content (AvgIpc) is 2.29. The van der Waals surface area contributed by atoms with Crippen LogP contribution in [0.3, 0.4) is 0 Å². The van der Waals surface area contributed by atoms with Gasteiger partial charge in [-0.1, -0.05) is 26.0 Å². The predicted octanol–water partition coefficient (Wildman–Crippen LogP) is 2.98.